The molecule has 0 aliphatic carbocycles. The fourth-order valence-corrected chi connectivity index (χ4v) is 1.58. The highest BCUT2D eigenvalue weighted by molar-refractivity contribution is 6.01. The van der Waals surface area contributed by atoms with Crippen molar-refractivity contribution in [2.45, 2.75) is 0 Å². The first-order chi connectivity index (χ1) is 7.95. The number of nitrogens with one attached hydrogen (secondary N) is 1. The largest absolute Gasteiger partial charge is 0.364 e. The molecule has 0 fully saturated rings. The summed E-state index contributed by atoms with van der Waals surface area (Å²) in [6.07, 6.45) is 4.86. The molecular formula is C11H8N4O. The maximum absolute atomic E-state index is 5.36. The molecule has 5 nitrogen and oxygen atoms in total. The van der Waals surface area contributed by atoms with Gasteiger partial charge in [-0.2, -0.15) is 5.10 Å². The molecule has 78 valence electrons. The van der Waals surface area contributed by atoms with Crippen molar-refractivity contribution in [2.75, 3.05) is 0 Å². The SMILES string of the molecule is c1cn[nH]oc2c(c1)ccc1ncncc12. The number of nitrogens with zero attached hydrogens (tertiary/aromatic N) is 3. The summed E-state index contributed by atoms with van der Waals surface area (Å²) in [7, 11) is 0. The predicted molar refractivity (Wildman–Crippen MR) is 59.1 cm³/mol. The Bertz CT molecular complexity index is 684. The van der Waals surface area contributed by atoms with E-state index in [2.05, 4.69) is 20.3 Å². The van der Waals surface area contributed by atoms with Crippen LogP contribution in [0.5, 0.6) is 0 Å². The van der Waals surface area contributed by atoms with Crippen LogP contribution in [-0.4, -0.2) is 20.3 Å². The topological polar surface area (TPSA) is 67.6 Å². The van der Waals surface area contributed by atoms with Gasteiger partial charge in [0.15, 0.2) is 5.58 Å². The molecule has 0 spiro atoms. The van der Waals surface area contributed by atoms with E-state index in [0.717, 1.165) is 16.3 Å². The average molecular weight is 212 g/mol. The molecule has 3 rings (SSSR count). The van der Waals surface area contributed by atoms with Gasteiger partial charge in [0.1, 0.15) is 6.33 Å². The molecule has 0 aliphatic heterocycles. The zero-order chi connectivity index (χ0) is 10.8. The lowest BCUT2D eigenvalue weighted by Crippen LogP contribution is -1.83. The van der Waals surface area contributed by atoms with E-state index in [0.29, 0.717) is 5.58 Å². The molecule has 0 unspecified atom stereocenters. The molecule has 0 aliphatic rings. The highest BCUT2D eigenvalue weighted by atomic mass is 16.5. The molecular weight excluding hydrogens is 204 g/mol. The van der Waals surface area contributed by atoms with Crippen molar-refractivity contribution in [3.63, 3.8) is 0 Å². The maximum atomic E-state index is 5.36. The third kappa shape index (κ3) is 1.38. The van der Waals surface area contributed by atoms with Crippen LogP contribution in [0.3, 0.4) is 0 Å². The van der Waals surface area contributed by atoms with E-state index >= 15 is 0 Å². The number of aromatic nitrogens is 4. The zero-order valence-corrected chi connectivity index (χ0v) is 8.29. The Morgan fingerprint density at radius 3 is 3.19 bits per heavy atom. The standard InChI is InChI=1S/C11H8N4O/c1-2-8-3-4-10-9(6-12-7-13-10)11(8)16-15-14-5-1/h1-7,15H. The lowest BCUT2D eigenvalue weighted by atomic mass is 10.2. The Hall–Kier alpha value is -2.43. The normalized spacial score (nSPS) is 10.5. The lowest BCUT2D eigenvalue weighted by Gasteiger charge is -1.98. The van der Waals surface area contributed by atoms with E-state index in [1.54, 1.807) is 12.4 Å². The number of hydrogen-bond acceptors (Lipinski definition) is 4. The summed E-state index contributed by atoms with van der Waals surface area (Å²) in [4.78, 5) is 8.16. The summed E-state index contributed by atoms with van der Waals surface area (Å²) in [5.74, 6) is 0. The minimum atomic E-state index is 0.686. The molecule has 2 aromatic heterocycles. The van der Waals surface area contributed by atoms with E-state index < -0.39 is 0 Å². The van der Waals surface area contributed by atoms with E-state index in [4.69, 9.17) is 4.52 Å². The van der Waals surface area contributed by atoms with Crippen LogP contribution < -0.4 is 0 Å². The molecule has 1 aromatic carbocycles. The minimum Gasteiger partial charge on any atom is -0.364 e. The van der Waals surface area contributed by atoms with Crippen LogP contribution in [0.15, 0.2) is 47.5 Å². The fraction of sp³-hybridized carbons (Fsp3) is 0. The molecule has 16 heavy (non-hydrogen) atoms. The highest BCUT2D eigenvalue weighted by Crippen LogP contribution is 2.20. The van der Waals surface area contributed by atoms with Crippen molar-refractivity contribution in [1.29, 1.82) is 0 Å². The Morgan fingerprint density at radius 2 is 2.19 bits per heavy atom. The number of benzene rings is 1. The van der Waals surface area contributed by atoms with Gasteiger partial charge in [-0.05, 0) is 24.3 Å². The predicted octanol–water partition coefficient (Wildman–Crippen LogP) is 2.22. The van der Waals surface area contributed by atoms with Gasteiger partial charge in [-0.15, -0.1) is 5.27 Å². The molecule has 5 heteroatoms. The lowest BCUT2D eigenvalue weighted by molar-refractivity contribution is 0.405. The summed E-state index contributed by atoms with van der Waals surface area (Å²) in [5.41, 5.74) is 1.53. The van der Waals surface area contributed by atoms with Gasteiger partial charge in [0.2, 0.25) is 0 Å². The highest BCUT2D eigenvalue weighted by Gasteiger charge is 2.01. The quantitative estimate of drug-likeness (QED) is 0.620. The van der Waals surface area contributed by atoms with Gasteiger partial charge in [0, 0.05) is 11.6 Å². The van der Waals surface area contributed by atoms with Gasteiger partial charge in [0.05, 0.1) is 17.1 Å². The number of hydrogen-bond donors (Lipinski definition) is 1. The van der Waals surface area contributed by atoms with E-state index in [-0.39, 0.29) is 0 Å². The summed E-state index contributed by atoms with van der Waals surface area (Å²) >= 11 is 0. The van der Waals surface area contributed by atoms with Crippen LogP contribution in [0.1, 0.15) is 0 Å². The van der Waals surface area contributed by atoms with Crippen molar-refractivity contribution in [1.82, 2.24) is 20.3 Å². The smallest absolute Gasteiger partial charge is 0.175 e. The Kier molecular flexibility index (Phi) is 2.00. The fourth-order valence-electron chi connectivity index (χ4n) is 1.58. The summed E-state index contributed by atoms with van der Waals surface area (Å²) < 4.78 is 5.36. The summed E-state index contributed by atoms with van der Waals surface area (Å²) in [6, 6.07) is 7.64. The molecule has 0 radical (unpaired) electrons. The first-order valence-electron chi connectivity index (χ1n) is 4.79. The second-order valence-corrected chi connectivity index (χ2v) is 3.27. The number of rotatable bonds is 0. The van der Waals surface area contributed by atoms with Gasteiger partial charge in [0.25, 0.3) is 0 Å². The number of H-pyrrole nitrogens is 1. The van der Waals surface area contributed by atoms with Gasteiger partial charge in [-0.1, -0.05) is 0 Å². The Labute approximate surface area is 90.4 Å². The monoisotopic (exact) mass is 212 g/mol. The summed E-state index contributed by atoms with van der Waals surface area (Å²) in [6.45, 7) is 0. The number of fused-ring (bicyclic) bond motifs is 3. The van der Waals surface area contributed by atoms with Gasteiger partial charge >= 0.3 is 0 Å². The first kappa shape index (κ1) is 8.84. The molecule has 0 atom stereocenters. The maximum Gasteiger partial charge on any atom is 0.175 e. The van der Waals surface area contributed by atoms with Crippen LogP contribution in [0, 0.1) is 0 Å². The van der Waals surface area contributed by atoms with Gasteiger partial charge < -0.3 is 4.52 Å². The van der Waals surface area contributed by atoms with E-state index in [9.17, 15) is 0 Å². The van der Waals surface area contributed by atoms with Crippen LogP contribution in [-0.2, 0) is 0 Å². The zero-order valence-electron chi connectivity index (χ0n) is 8.29. The molecule has 0 saturated heterocycles. The molecule has 2 heterocycles. The van der Waals surface area contributed by atoms with Crippen LogP contribution in [0.4, 0.5) is 0 Å². The van der Waals surface area contributed by atoms with Crippen molar-refractivity contribution >= 4 is 21.9 Å². The van der Waals surface area contributed by atoms with E-state index in [1.807, 2.05) is 24.3 Å². The van der Waals surface area contributed by atoms with Gasteiger partial charge in [-0.3, -0.25) is 0 Å². The van der Waals surface area contributed by atoms with E-state index in [1.165, 1.54) is 6.33 Å². The average Bonchev–Trinajstić information content (AvgIpc) is 2.29. The Balaban J connectivity index is 2.56. The van der Waals surface area contributed by atoms with Crippen molar-refractivity contribution < 1.29 is 4.52 Å². The molecule has 0 saturated carbocycles. The Morgan fingerprint density at radius 1 is 1.19 bits per heavy atom. The second-order valence-electron chi connectivity index (χ2n) is 3.27. The third-order valence-corrected chi connectivity index (χ3v) is 2.31. The molecule has 3 aromatic rings. The first-order valence-corrected chi connectivity index (χ1v) is 4.79. The third-order valence-electron chi connectivity index (χ3n) is 2.31. The van der Waals surface area contributed by atoms with Crippen LogP contribution >= 0.6 is 0 Å². The molecule has 0 amide bonds. The van der Waals surface area contributed by atoms with Crippen LogP contribution in [0.25, 0.3) is 21.9 Å². The van der Waals surface area contributed by atoms with Crippen LogP contribution in [0.2, 0.25) is 0 Å². The van der Waals surface area contributed by atoms with Crippen molar-refractivity contribution in [3.05, 3.63) is 43.0 Å². The summed E-state index contributed by atoms with van der Waals surface area (Å²) in [5, 5.41) is 8.12. The molecule has 0 bridgehead atoms. The van der Waals surface area contributed by atoms with Gasteiger partial charge in [-0.25, -0.2) is 9.97 Å². The molecule has 1 N–H and O–H groups in total. The van der Waals surface area contributed by atoms with Crippen molar-refractivity contribution in [2.24, 2.45) is 0 Å². The minimum absolute atomic E-state index is 0.686. The number of aromatic amines is 1. The second kappa shape index (κ2) is 3.62. The van der Waals surface area contributed by atoms with Crippen molar-refractivity contribution in [3.8, 4) is 0 Å².